The van der Waals surface area contributed by atoms with Gasteiger partial charge in [-0.3, -0.25) is 9.52 Å². The van der Waals surface area contributed by atoms with Gasteiger partial charge < -0.3 is 4.90 Å². The summed E-state index contributed by atoms with van der Waals surface area (Å²) in [4.78, 5) is 13.3. The maximum Gasteiger partial charge on any atom is 0.233 e. The number of nitrogens with zero attached hydrogens (tertiary/aromatic N) is 1. The van der Waals surface area contributed by atoms with Crippen molar-refractivity contribution in [1.82, 2.24) is 0 Å². The number of amides is 1. The molecule has 0 atom stereocenters. The number of hydrogen-bond donors (Lipinski definition) is 1. The largest absolute Gasteiger partial charge is 0.311 e. The van der Waals surface area contributed by atoms with E-state index in [2.05, 4.69) is 4.72 Å². The number of sulfonamides is 1. The molecule has 0 unspecified atom stereocenters. The van der Waals surface area contributed by atoms with Crippen LogP contribution in [0.4, 0.5) is 11.4 Å². The van der Waals surface area contributed by atoms with Crippen LogP contribution in [0.15, 0.2) is 18.2 Å². The van der Waals surface area contributed by atoms with Gasteiger partial charge in [0.1, 0.15) is 0 Å². The Morgan fingerprint density at radius 3 is 2.65 bits per heavy atom. The summed E-state index contributed by atoms with van der Waals surface area (Å²) < 4.78 is 25.6. The predicted octanol–water partition coefficient (Wildman–Crippen LogP) is 2.45. The first-order chi connectivity index (χ1) is 9.43. The van der Waals surface area contributed by atoms with Gasteiger partial charge in [-0.25, -0.2) is 8.42 Å². The molecule has 1 N–H and O–H groups in total. The van der Waals surface area contributed by atoms with Crippen LogP contribution in [0, 0.1) is 0 Å². The Morgan fingerprint density at radius 2 is 2.10 bits per heavy atom. The van der Waals surface area contributed by atoms with Crippen molar-refractivity contribution < 1.29 is 13.2 Å². The fraction of sp³-hybridized carbons (Fsp3) is 0.417. The van der Waals surface area contributed by atoms with Gasteiger partial charge in [-0.15, -0.1) is 11.6 Å². The molecule has 1 saturated heterocycles. The average molecular weight is 337 g/mol. The highest BCUT2D eigenvalue weighted by Gasteiger charge is 2.23. The quantitative estimate of drug-likeness (QED) is 0.840. The number of anilines is 2. The fourth-order valence-corrected chi connectivity index (χ4v) is 3.71. The van der Waals surface area contributed by atoms with E-state index in [4.69, 9.17) is 23.2 Å². The molecular weight excluding hydrogens is 323 g/mol. The number of alkyl halides is 1. The van der Waals surface area contributed by atoms with Crippen LogP contribution in [0.2, 0.25) is 5.02 Å². The Morgan fingerprint density at radius 1 is 1.35 bits per heavy atom. The highest BCUT2D eigenvalue weighted by atomic mass is 35.5. The molecule has 110 valence electrons. The summed E-state index contributed by atoms with van der Waals surface area (Å²) in [5, 5.41) is 0.339. The monoisotopic (exact) mass is 336 g/mol. The summed E-state index contributed by atoms with van der Waals surface area (Å²) in [5.74, 6) is -0.121. The summed E-state index contributed by atoms with van der Waals surface area (Å²) in [5.41, 5.74) is 0.963. The lowest BCUT2D eigenvalue weighted by Gasteiger charge is -2.18. The Balaban J connectivity index is 2.20. The van der Waals surface area contributed by atoms with E-state index < -0.39 is 10.0 Å². The second kappa shape index (κ2) is 6.20. The van der Waals surface area contributed by atoms with E-state index in [9.17, 15) is 13.2 Å². The molecule has 0 aliphatic carbocycles. The summed E-state index contributed by atoms with van der Waals surface area (Å²) in [6.45, 7) is 0.635. The van der Waals surface area contributed by atoms with Crippen molar-refractivity contribution in [2.75, 3.05) is 27.8 Å². The molecule has 1 aliphatic heterocycles. The molecule has 0 radical (unpaired) electrons. The van der Waals surface area contributed by atoms with Gasteiger partial charge in [-0.05, 0) is 24.6 Å². The topological polar surface area (TPSA) is 66.5 Å². The summed E-state index contributed by atoms with van der Waals surface area (Å²) in [6, 6.07) is 4.72. The Kier molecular flexibility index (Phi) is 4.78. The van der Waals surface area contributed by atoms with Crippen molar-refractivity contribution in [1.29, 1.82) is 0 Å². The minimum absolute atomic E-state index is 0.0173. The van der Waals surface area contributed by atoms with Gasteiger partial charge in [-0.1, -0.05) is 11.6 Å². The molecule has 0 spiro atoms. The summed E-state index contributed by atoms with van der Waals surface area (Å²) in [6.07, 6.45) is 1.32. The fourth-order valence-electron chi connectivity index (χ4n) is 2.02. The normalized spacial score (nSPS) is 15.7. The third-order valence-corrected chi connectivity index (χ3v) is 4.94. The maximum atomic E-state index is 11.7. The number of benzene rings is 1. The smallest absolute Gasteiger partial charge is 0.233 e. The second-order valence-electron chi connectivity index (χ2n) is 4.43. The lowest BCUT2D eigenvalue weighted by atomic mass is 10.2. The SMILES string of the molecule is O=C1CCCN1c1ccc(NS(=O)(=O)CCCl)cc1Cl. The zero-order chi connectivity index (χ0) is 14.8. The minimum Gasteiger partial charge on any atom is -0.311 e. The first kappa shape index (κ1) is 15.4. The van der Waals surface area contributed by atoms with Gasteiger partial charge in [0.25, 0.3) is 0 Å². The molecule has 0 saturated carbocycles. The molecule has 1 aromatic rings. The molecule has 1 aliphatic rings. The summed E-state index contributed by atoms with van der Waals surface area (Å²) >= 11 is 11.5. The Bertz CT molecular complexity index is 619. The van der Waals surface area contributed by atoms with Gasteiger partial charge in [0.15, 0.2) is 0 Å². The highest BCUT2D eigenvalue weighted by molar-refractivity contribution is 7.92. The van der Waals surface area contributed by atoms with Crippen LogP contribution >= 0.6 is 23.2 Å². The second-order valence-corrected chi connectivity index (χ2v) is 7.05. The molecule has 20 heavy (non-hydrogen) atoms. The van der Waals surface area contributed by atoms with Gasteiger partial charge in [-0.2, -0.15) is 0 Å². The van der Waals surface area contributed by atoms with E-state index in [-0.39, 0.29) is 17.5 Å². The van der Waals surface area contributed by atoms with Crippen molar-refractivity contribution in [3.8, 4) is 0 Å². The van der Waals surface area contributed by atoms with E-state index >= 15 is 0 Å². The first-order valence-electron chi connectivity index (χ1n) is 6.09. The molecule has 2 rings (SSSR count). The van der Waals surface area contributed by atoms with E-state index in [0.717, 1.165) is 6.42 Å². The zero-order valence-corrected chi connectivity index (χ0v) is 12.9. The highest BCUT2D eigenvalue weighted by Crippen LogP contribution is 2.31. The van der Waals surface area contributed by atoms with Gasteiger partial charge >= 0.3 is 0 Å². The average Bonchev–Trinajstić information content (AvgIpc) is 2.75. The lowest BCUT2D eigenvalue weighted by molar-refractivity contribution is -0.117. The minimum atomic E-state index is -3.47. The Hall–Kier alpha value is -0.980. The first-order valence-corrected chi connectivity index (χ1v) is 8.66. The van der Waals surface area contributed by atoms with E-state index in [1.807, 2.05) is 0 Å². The number of hydrogen-bond acceptors (Lipinski definition) is 3. The van der Waals surface area contributed by atoms with Crippen LogP contribution in [0.25, 0.3) is 0 Å². The number of nitrogens with one attached hydrogen (secondary N) is 1. The molecule has 1 aromatic carbocycles. The predicted molar refractivity (Wildman–Crippen MR) is 81.2 cm³/mol. The molecule has 8 heteroatoms. The van der Waals surface area contributed by atoms with Gasteiger partial charge in [0.2, 0.25) is 15.9 Å². The molecule has 1 heterocycles. The van der Waals surface area contributed by atoms with E-state index in [1.54, 1.807) is 17.0 Å². The van der Waals surface area contributed by atoms with Crippen molar-refractivity contribution >= 4 is 50.5 Å². The zero-order valence-electron chi connectivity index (χ0n) is 10.6. The molecule has 5 nitrogen and oxygen atoms in total. The molecular formula is C12H14Cl2N2O3S. The molecule has 0 aromatic heterocycles. The van der Waals surface area contributed by atoms with Crippen LogP contribution in [-0.4, -0.2) is 32.5 Å². The van der Waals surface area contributed by atoms with E-state index in [0.29, 0.717) is 29.4 Å². The van der Waals surface area contributed by atoms with Crippen molar-refractivity contribution in [3.63, 3.8) is 0 Å². The van der Waals surface area contributed by atoms with Crippen molar-refractivity contribution in [2.24, 2.45) is 0 Å². The molecule has 1 fully saturated rings. The third kappa shape index (κ3) is 3.56. The van der Waals surface area contributed by atoms with Gasteiger partial charge in [0.05, 0.1) is 22.2 Å². The van der Waals surface area contributed by atoms with E-state index in [1.165, 1.54) is 6.07 Å². The van der Waals surface area contributed by atoms with Crippen LogP contribution in [0.1, 0.15) is 12.8 Å². The number of carbonyl (C=O) groups is 1. The number of rotatable bonds is 5. The maximum absolute atomic E-state index is 11.7. The molecule has 0 bridgehead atoms. The lowest BCUT2D eigenvalue weighted by Crippen LogP contribution is -2.24. The van der Waals surface area contributed by atoms with Crippen LogP contribution in [0.3, 0.4) is 0 Å². The third-order valence-electron chi connectivity index (χ3n) is 2.93. The Labute approximate surface area is 127 Å². The number of halogens is 2. The summed E-state index contributed by atoms with van der Waals surface area (Å²) in [7, 11) is -3.47. The van der Waals surface area contributed by atoms with Crippen molar-refractivity contribution in [3.05, 3.63) is 23.2 Å². The van der Waals surface area contributed by atoms with Crippen LogP contribution in [0.5, 0.6) is 0 Å². The van der Waals surface area contributed by atoms with Crippen molar-refractivity contribution in [2.45, 2.75) is 12.8 Å². The van der Waals surface area contributed by atoms with Crippen LogP contribution in [-0.2, 0) is 14.8 Å². The number of carbonyl (C=O) groups excluding carboxylic acids is 1. The van der Waals surface area contributed by atoms with Crippen LogP contribution < -0.4 is 9.62 Å². The standard InChI is InChI=1S/C12H14Cl2N2O3S/c13-5-7-20(18,19)15-9-3-4-11(10(14)8-9)16-6-1-2-12(16)17/h3-4,8,15H,1-2,5-7H2. The van der Waals surface area contributed by atoms with Gasteiger partial charge in [0, 0.05) is 18.8 Å². The molecule has 1 amide bonds.